The molecule has 0 radical (unpaired) electrons. The van der Waals surface area contributed by atoms with Gasteiger partial charge in [-0.05, 0) is 31.0 Å². The summed E-state index contributed by atoms with van der Waals surface area (Å²) in [6.45, 7) is 2.90. The van der Waals surface area contributed by atoms with Crippen molar-refractivity contribution in [3.8, 4) is 0 Å². The number of amides is 2. The number of carbonyl (C=O) groups is 3. The van der Waals surface area contributed by atoms with Crippen LogP contribution in [-0.2, 0) is 19.1 Å². The van der Waals surface area contributed by atoms with Crippen LogP contribution in [0.4, 0.5) is 5.69 Å². The Morgan fingerprint density at radius 3 is 2.80 bits per heavy atom. The minimum Gasteiger partial charge on any atom is -0.465 e. The predicted octanol–water partition coefficient (Wildman–Crippen LogP) is 1.51. The summed E-state index contributed by atoms with van der Waals surface area (Å²) in [5, 5.41) is 2.83. The van der Waals surface area contributed by atoms with Crippen molar-refractivity contribution >= 4 is 23.5 Å². The van der Waals surface area contributed by atoms with Crippen LogP contribution in [0.15, 0.2) is 24.3 Å². The molecule has 0 saturated carbocycles. The van der Waals surface area contributed by atoms with Crippen molar-refractivity contribution in [1.29, 1.82) is 0 Å². The Bertz CT molecular complexity index is 626. The summed E-state index contributed by atoms with van der Waals surface area (Å²) in [6, 6.07) is 6.59. The van der Waals surface area contributed by atoms with Crippen LogP contribution in [0.5, 0.6) is 0 Å². The smallest absolute Gasteiger partial charge is 0.337 e. The zero-order valence-corrected chi connectivity index (χ0v) is 14.6. The fraction of sp³-hybridized carbons (Fsp3) is 0.500. The third kappa shape index (κ3) is 5.56. The summed E-state index contributed by atoms with van der Waals surface area (Å²) >= 11 is 0. The van der Waals surface area contributed by atoms with E-state index >= 15 is 0 Å². The first kappa shape index (κ1) is 18.9. The van der Waals surface area contributed by atoms with Crippen LogP contribution in [0.3, 0.4) is 0 Å². The van der Waals surface area contributed by atoms with Gasteiger partial charge in [0.05, 0.1) is 18.8 Å². The van der Waals surface area contributed by atoms with Crippen molar-refractivity contribution in [2.45, 2.75) is 32.3 Å². The Kier molecular flexibility index (Phi) is 6.94. The molecule has 1 unspecified atom stereocenters. The molecule has 0 spiro atoms. The number of ether oxygens (including phenoxy) is 2. The number of anilines is 1. The van der Waals surface area contributed by atoms with Gasteiger partial charge in [-0.3, -0.25) is 9.59 Å². The number of rotatable bonds is 7. The zero-order chi connectivity index (χ0) is 18.2. The van der Waals surface area contributed by atoms with E-state index in [1.165, 1.54) is 18.9 Å². The summed E-state index contributed by atoms with van der Waals surface area (Å²) in [5.74, 6) is -0.806. The molecule has 1 fully saturated rings. The molecule has 0 bridgehead atoms. The second kappa shape index (κ2) is 9.17. The fourth-order valence-electron chi connectivity index (χ4n) is 2.72. The molecule has 1 aromatic carbocycles. The molecule has 1 heterocycles. The zero-order valence-electron chi connectivity index (χ0n) is 14.6. The van der Waals surface area contributed by atoms with Crippen molar-refractivity contribution in [3.63, 3.8) is 0 Å². The van der Waals surface area contributed by atoms with Crippen molar-refractivity contribution in [1.82, 2.24) is 5.32 Å². The van der Waals surface area contributed by atoms with Crippen LogP contribution >= 0.6 is 0 Å². The minimum absolute atomic E-state index is 0.0876. The first-order valence-corrected chi connectivity index (χ1v) is 8.36. The third-order valence-electron chi connectivity index (χ3n) is 4.07. The van der Waals surface area contributed by atoms with E-state index in [0.29, 0.717) is 17.8 Å². The molecule has 7 nitrogen and oxygen atoms in total. The first-order valence-electron chi connectivity index (χ1n) is 8.36. The number of esters is 1. The lowest BCUT2D eigenvalue weighted by molar-refractivity contribution is -0.121. The van der Waals surface area contributed by atoms with E-state index in [2.05, 4.69) is 5.32 Å². The molecule has 2 amide bonds. The molecular weight excluding hydrogens is 324 g/mol. The van der Waals surface area contributed by atoms with Crippen molar-refractivity contribution in [2.75, 3.05) is 31.7 Å². The van der Waals surface area contributed by atoms with Gasteiger partial charge in [0, 0.05) is 38.7 Å². The van der Waals surface area contributed by atoms with Crippen molar-refractivity contribution < 1.29 is 23.9 Å². The third-order valence-corrected chi connectivity index (χ3v) is 4.07. The molecule has 1 aromatic rings. The Labute approximate surface area is 147 Å². The Hall–Kier alpha value is -2.41. The van der Waals surface area contributed by atoms with Gasteiger partial charge in [0.2, 0.25) is 11.8 Å². The summed E-state index contributed by atoms with van der Waals surface area (Å²) in [6.07, 6.45) is 2.24. The highest BCUT2D eigenvalue weighted by atomic mass is 16.5. The maximum atomic E-state index is 12.0. The van der Waals surface area contributed by atoms with Gasteiger partial charge in [-0.1, -0.05) is 6.07 Å². The average Bonchev–Trinajstić information content (AvgIpc) is 3.13. The highest BCUT2D eigenvalue weighted by Gasteiger charge is 2.18. The number of nitrogens with zero attached hydrogens (tertiary/aromatic N) is 1. The Morgan fingerprint density at radius 1 is 1.36 bits per heavy atom. The molecule has 1 saturated heterocycles. The molecule has 25 heavy (non-hydrogen) atoms. The molecule has 136 valence electrons. The topological polar surface area (TPSA) is 84.9 Å². The lowest BCUT2D eigenvalue weighted by atomic mass is 10.1. The van der Waals surface area contributed by atoms with Gasteiger partial charge in [0.15, 0.2) is 0 Å². The number of hydrogen-bond acceptors (Lipinski definition) is 5. The van der Waals surface area contributed by atoms with Gasteiger partial charge in [0.25, 0.3) is 0 Å². The first-order chi connectivity index (χ1) is 12.0. The van der Waals surface area contributed by atoms with Crippen LogP contribution in [0.25, 0.3) is 0 Å². The van der Waals surface area contributed by atoms with Gasteiger partial charge >= 0.3 is 5.97 Å². The quantitative estimate of drug-likeness (QED) is 0.755. The molecule has 0 aliphatic carbocycles. The average molecular weight is 348 g/mol. The number of carbonyl (C=O) groups excluding carboxylic acids is 3. The molecular formula is C18H24N2O5. The van der Waals surface area contributed by atoms with Crippen LogP contribution in [-0.4, -0.2) is 50.7 Å². The Morgan fingerprint density at radius 2 is 2.16 bits per heavy atom. The molecule has 1 N–H and O–H groups in total. The maximum absolute atomic E-state index is 12.0. The monoisotopic (exact) mass is 348 g/mol. The number of benzene rings is 1. The van der Waals surface area contributed by atoms with Crippen molar-refractivity contribution in [3.05, 3.63) is 29.8 Å². The van der Waals surface area contributed by atoms with Gasteiger partial charge < -0.3 is 19.7 Å². The van der Waals surface area contributed by atoms with Crippen LogP contribution < -0.4 is 10.2 Å². The minimum atomic E-state index is -0.473. The van der Waals surface area contributed by atoms with Gasteiger partial charge in [0.1, 0.15) is 0 Å². The second-order valence-corrected chi connectivity index (χ2v) is 5.90. The largest absolute Gasteiger partial charge is 0.465 e. The van der Waals surface area contributed by atoms with E-state index in [9.17, 15) is 14.4 Å². The van der Waals surface area contributed by atoms with E-state index in [1.807, 2.05) is 0 Å². The highest BCUT2D eigenvalue weighted by Crippen LogP contribution is 2.18. The molecule has 2 rings (SSSR count). The number of hydrogen-bond donors (Lipinski definition) is 1. The van der Waals surface area contributed by atoms with Crippen molar-refractivity contribution in [2.24, 2.45) is 0 Å². The highest BCUT2D eigenvalue weighted by molar-refractivity contribution is 5.95. The molecule has 7 heteroatoms. The Balaban J connectivity index is 1.93. The summed E-state index contributed by atoms with van der Waals surface area (Å²) in [4.78, 5) is 37.0. The molecule has 1 aliphatic rings. The maximum Gasteiger partial charge on any atom is 0.337 e. The fourth-order valence-corrected chi connectivity index (χ4v) is 2.72. The number of methoxy groups -OCH3 is 1. The summed E-state index contributed by atoms with van der Waals surface area (Å²) in [7, 11) is 1.30. The van der Waals surface area contributed by atoms with Gasteiger partial charge in [-0.2, -0.15) is 0 Å². The number of nitrogens with one attached hydrogen (secondary N) is 1. The molecule has 1 atom stereocenters. The molecule has 1 aliphatic heterocycles. The van der Waals surface area contributed by atoms with E-state index in [1.54, 1.807) is 24.3 Å². The SMILES string of the molecule is COC(=O)c1cccc(N(CCC(=O)NCC2CCCO2)C(C)=O)c1. The van der Waals surface area contributed by atoms with E-state index in [-0.39, 0.29) is 30.9 Å². The summed E-state index contributed by atoms with van der Waals surface area (Å²) in [5.41, 5.74) is 0.913. The second-order valence-electron chi connectivity index (χ2n) is 5.90. The predicted molar refractivity (Wildman–Crippen MR) is 92.4 cm³/mol. The van der Waals surface area contributed by atoms with Gasteiger partial charge in [-0.25, -0.2) is 4.79 Å². The van der Waals surface area contributed by atoms with Crippen LogP contribution in [0, 0.1) is 0 Å². The molecule has 0 aromatic heterocycles. The van der Waals surface area contributed by atoms with Crippen LogP contribution in [0.1, 0.15) is 36.5 Å². The normalized spacial score (nSPS) is 16.3. The van der Waals surface area contributed by atoms with Gasteiger partial charge in [-0.15, -0.1) is 0 Å². The van der Waals surface area contributed by atoms with E-state index < -0.39 is 5.97 Å². The lowest BCUT2D eigenvalue weighted by Gasteiger charge is -2.21. The lowest BCUT2D eigenvalue weighted by Crippen LogP contribution is -2.36. The van der Waals surface area contributed by atoms with Crippen LogP contribution in [0.2, 0.25) is 0 Å². The summed E-state index contributed by atoms with van der Waals surface area (Å²) < 4.78 is 10.2. The van der Waals surface area contributed by atoms with E-state index in [4.69, 9.17) is 9.47 Å². The standard InChI is InChI=1S/C18H24N2O5/c1-13(21)20(15-6-3-5-14(11-15)18(23)24-2)9-8-17(22)19-12-16-7-4-10-25-16/h3,5-6,11,16H,4,7-10,12H2,1-2H3,(H,19,22). The van der Waals surface area contributed by atoms with E-state index in [0.717, 1.165) is 19.4 Å².